The Kier molecular flexibility index (Phi) is 4.57. The van der Waals surface area contributed by atoms with Crippen molar-refractivity contribution < 1.29 is 13.6 Å². The van der Waals surface area contributed by atoms with Crippen LogP contribution in [0.5, 0.6) is 0 Å². The fraction of sp³-hybridized carbons (Fsp3) is 0.176. The van der Waals surface area contributed by atoms with Crippen molar-refractivity contribution in [1.29, 1.82) is 0 Å². The topological polar surface area (TPSA) is 34.4 Å². The van der Waals surface area contributed by atoms with Gasteiger partial charge in [0.1, 0.15) is 5.69 Å². The molecule has 0 radical (unpaired) electrons. The van der Waals surface area contributed by atoms with E-state index in [2.05, 4.69) is 37.0 Å². The van der Waals surface area contributed by atoms with Gasteiger partial charge in [0.05, 0.1) is 16.4 Å². The van der Waals surface area contributed by atoms with E-state index >= 15 is 0 Å². The zero-order valence-electron chi connectivity index (χ0n) is 12.6. The van der Waals surface area contributed by atoms with E-state index in [0.29, 0.717) is 16.8 Å². The highest BCUT2D eigenvalue weighted by Crippen LogP contribution is 2.32. The number of halogens is 4. The molecule has 24 heavy (non-hydrogen) atoms. The van der Waals surface area contributed by atoms with E-state index in [1.54, 1.807) is 0 Å². The maximum atomic E-state index is 13.6. The molecule has 2 aromatic heterocycles. The van der Waals surface area contributed by atoms with Crippen LogP contribution in [0.25, 0.3) is 16.8 Å². The van der Waals surface area contributed by atoms with Crippen molar-refractivity contribution in [3.05, 3.63) is 58.2 Å². The number of pyridine rings is 1. The summed E-state index contributed by atoms with van der Waals surface area (Å²) in [4.78, 5) is 12.4. The Morgan fingerprint density at radius 1 is 1.29 bits per heavy atom. The second-order valence-corrected chi connectivity index (χ2v) is 6.90. The minimum atomic E-state index is -2.98. The van der Waals surface area contributed by atoms with Crippen molar-refractivity contribution >= 4 is 43.2 Å². The standard InChI is InChI=1S/C17H12Br2F2N2O/c1-17(20,21)11-5-6-13-15(14(24)8-18)16(22-23(13)9-11)10-3-2-4-12(19)7-10/h2-7,9H,8H2,1H3. The number of fused-ring (bicyclic) bond motifs is 1. The number of carbonyl (C=O) groups is 1. The summed E-state index contributed by atoms with van der Waals surface area (Å²) >= 11 is 6.57. The zero-order valence-corrected chi connectivity index (χ0v) is 15.7. The molecular weight excluding hydrogens is 446 g/mol. The van der Waals surface area contributed by atoms with E-state index in [0.717, 1.165) is 17.0 Å². The number of nitrogens with zero attached hydrogens (tertiary/aromatic N) is 2. The lowest BCUT2D eigenvalue weighted by molar-refractivity contribution is 0.0170. The van der Waals surface area contributed by atoms with Crippen LogP contribution in [0.1, 0.15) is 22.8 Å². The SMILES string of the molecule is CC(F)(F)c1ccc2c(C(=O)CBr)c(-c3cccc(Br)c3)nn2c1. The first-order valence-electron chi connectivity index (χ1n) is 7.07. The summed E-state index contributed by atoms with van der Waals surface area (Å²) in [7, 11) is 0. The van der Waals surface area contributed by atoms with Gasteiger partial charge in [0, 0.05) is 28.7 Å². The number of carbonyl (C=O) groups excluding carboxylic acids is 1. The predicted molar refractivity (Wildman–Crippen MR) is 96.0 cm³/mol. The molecule has 0 bridgehead atoms. The lowest BCUT2D eigenvalue weighted by atomic mass is 10.0. The highest BCUT2D eigenvalue weighted by molar-refractivity contribution is 9.10. The average Bonchev–Trinajstić information content (AvgIpc) is 2.92. The van der Waals surface area contributed by atoms with Crippen molar-refractivity contribution in [3.63, 3.8) is 0 Å². The van der Waals surface area contributed by atoms with E-state index in [1.807, 2.05) is 24.3 Å². The second kappa shape index (κ2) is 6.37. The van der Waals surface area contributed by atoms with Gasteiger partial charge in [-0.05, 0) is 24.3 Å². The molecule has 124 valence electrons. The van der Waals surface area contributed by atoms with Crippen LogP contribution < -0.4 is 0 Å². The summed E-state index contributed by atoms with van der Waals surface area (Å²) in [6, 6.07) is 10.2. The third-order valence-corrected chi connectivity index (χ3v) is 4.64. The van der Waals surface area contributed by atoms with E-state index in [1.165, 1.54) is 22.8 Å². The minimum Gasteiger partial charge on any atom is -0.293 e. The maximum Gasteiger partial charge on any atom is 0.272 e. The molecule has 0 N–H and O–H groups in total. The average molecular weight is 458 g/mol. The minimum absolute atomic E-state index is 0.126. The summed E-state index contributed by atoms with van der Waals surface area (Å²) in [6.45, 7) is 0.831. The Bertz CT molecular complexity index is 932. The van der Waals surface area contributed by atoms with Crippen LogP contribution in [0.4, 0.5) is 8.78 Å². The quantitative estimate of drug-likeness (QED) is 0.385. The molecule has 0 aliphatic rings. The number of ketones is 1. The first-order valence-corrected chi connectivity index (χ1v) is 8.98. The summed E-state index contributed by atoms with van der Waals surface area (Å²) in [6.07, 6.45) is 1.27. The molecule has 2 heterocycles. The van der Waals surface area contributed by atoms with Crippen molar-refractivity contribution in [2.24, 2.45) is 0 Å². The largest absolute Gasteiger partial charge is 0.293 e. The molecule has 0 aliphatic carbocycles. The third kappa shape index (κ3) is 3.15. The van der Waals surface area contributed by atoms with Gasteiger partial charge in [0.2, 0.25) is 0 Å². The van der Waals surface area contributed by atoms with Gasteiger partial charge in [-0.25, -0.2) is 13.3 Å². The summed E-state index contributed by atoms with van der Waals surface area (Å²) in [5.41, 5.74) is 1.97. The van der Waals surface area contributed by atoms with Crippen LogP contribution in [-0.2, 0) is 5.92 Å². The van der Waals surface area contributed by atoms with Crippen LogP contribution in [0, 0.1) is 0 Å². The monoisotopic (exact) mass is 456 g/mol. The molecule has 0 aliphatic heterocycles. The van der Waals surface area contributed by atoms with Gasteiger partial charge in [-0.15, -0.1) is 0 Å². The number of benzene rings is 1. The molecule has 3 rings (SSSR count). The molecule has 0 saturated heterocycles. The summed E-state index contributed by atoms with van der Waals surface area (Å²) in [5, 5.41) is 4.51. The highest BCUT2D eigenvalue weighted by atomic mass is 79.9. The second-order valence-electron chi connectivity index (χ2n) is 5.43. The number of aromatic nitrogens is 2. The number of alkyl halides is 3. The summed E-state index contributed by atoms with van der Waals surface area (Å²) in [5.74, 6) is -3.13. The predicted octanol–water partition coefficient (Wildman–Crippen LogP) is 5.45. The van der Waals surface area contributed by atoms with Crippen LogP contribution in [-0.4, -0.2) is 20.7 Å². The highest BCUT2D eigenvalue weighted by Gasteiger charge is 2.27. The van der Waals surface area contributed by atoms with Crippen molar-refractivity contribution in [2.45, 2.75) is 12.8 Å². The third-order valence-electron chi connectivity index (χ3n) is 3.63. The molecule has 0 saturated carbocycles. The van der Waals surface area contributed by atoms with Gasteiger partial charge in [0.15, 0.2) is 5.78 Å². The van der Waals surface area contributed by atoms with Crippen LogP contribution in [0.3, 0.4) is 0 Å². The molecule has 3 aromatic rings. The zero-order chi connectivity index (χ0) is 17.5. The normalized spacial score (nSPS) is 11.9. The van der Waals surface area contributed by atoms with Crippen LogP contribution in [0.2, 0.25) is 0 Å². The molecule has 0 fully saturated rings. The summed E-state index contributed by atoms with van der Waals surface area (Å²) < 4.78 is 29.3. The molecule has 0 spiro atoms. The van der Waals surface area contributed by atoms with Gasteiger partial charge >= 0.3 is 0 Å². The van der Waals surface area contributed by atoms with Gasteiger partial charge in [0.25, 0.3) is 5.92 Å². The molecule has 0 amide bonds. The Balaban J connectivity index is 2.29. The molecular formula is C17H12Br2F2N2O. The van der Waals surface area contributed by atoms with Gasteiger partial charge in [-0.2, -0.15) is 5.10 Å². The van der Waals surface area contributed by atoms with Crippen molar-refractivity contribution in [3.8, 4) is 11.3 Å². The number of rotatable bonds is 4. The molecule has 3 nitrogen and oxygen atoms in total. The number of hydrogen-bond donors (Lipinski definition) is 0. The Morgan fingerprint density at radius 2 is 2.04 bits per heavy atom. The molecule has 0 unspecified atom stereocenters. The first-order chi connectivity index (χ1) is 11.3. The van der Waals surface area contributed by atoms with E-state index in [-0.39, 0.29) is 16.7 Å². The van der Waals surface area contributed by atoms with Crippen molar-refractivity contribution in [2.75, 3.05) is 5.33 Å². The number of Topliss-reactive ketones (excluding diaryl/α,β-unsaturated/α-hetero) is 1. The van der Waals surface area contributed by atoms with Gasteiger partial charge < -0.3 is 0 Å². The molecule has 0 atom stereocenters. The van der Waals surface area contributed by atoms with Crippen molar-refractivity contribution in [1.82, 2.24) is 9.61 Å². The fourth-order valence-corrected chi connectivity index (χ4v) is 3.17. The maximum absolute atomic E-state index is 13.6. The Hall–Kier alpha value is -1.60. The lowest BCUT2D eigenvalue weighted by Crippen LogP contribution is -2.08. The number of hydrogen-bond acceptors (Lipinski definition) is 2. The Labute approximate surface area is 153 Å². The smallest absolute Gasteiger partial charge is 0.272 e. The van der Waals surface area contributed by atoms with Gasteiger partial charge in [-0.1, -0.05) is 44.0 Å². The van der Waals surface area contributed by atoms with E-state index < -0.39 is 5.92 Å². The van der Waals surface area contributed by atoms with Crippen LogP contribution in [0.15, 0.2) is 47.1 Å². The van der Waals surface area contributed by atoms with E-state index in [9.17, 15) is 13.6 Å². The molecule has 7 heteroatoms. The molecule has 1 aromatic carbocycles. The van der Waals surface area contributed by atoms with Crippen LogP contribution >= 0.6 is 31.9 Å². The lowest BCUT2D eigenvalue weighted by Gasteiger charge is -2.10. The first kappa shape index (κ1) is 17.2. The van der Waals surface area contributed by atoms with E-state index in [4.69, 9.17) is 0 Å². The fourth-order valence-electron chi connectivity index (χ4n) is 2.49. The Morgan fingerprint density at radius 3 is 2.67 bits per heavy atom. The van der Waals surface area contributed by atoms with Gasteiger partial charge in [-0.3, -0.25) is 4.79 Å².